The SMILES string of the molecule is Fc1cc(C(Cl)Cc2ccc(Cl)c(Cl)c2)ccc1Br. The van der Waals surface area contributed by atoms with Crippen molar-refractivity contribution in [3.8, 4) is 0 Å². The van der Waals surface area contributed by atoms with Gasteiger partial charge in [-0.1, -0.05) is 35.3 Å². The van der Waals surface area contributed by atoms with Gasteiger partial charge in [-0.05, 0) is 57.7 Å². The van der Waals surface area contributed by atoms with Crippen molar-refractivity contribution < 1.29 is 4.39 Å². The number of rotatable bonds is 3. The molecule has 0 aliphatic heterocycles. The molecule has 0 N–H and O–H groups in total. The lowest BCUT2D eigenvalue weighted by Crippen LogP contribution is -1.97. The number of alkyl halides is 1. The maximum absolute atomic E-state index is 13.5. The molecular formula is C14H9BrCl3F. The van der Waals surface area contributed by atoms with Gasteiger partial charge in [0.2, 0.25) is 0 Å². The highest BCUT2D eigenvalue weighted by atomic mass is 79.9. The summed E-state index contributed by atoms with van der Waals surface area (Å²) in [6.07, 6.45) is 0.555. The van der Waals surface area contributed by atoms with Gasteiger partial charge in [0, 0.05) is 0 Å². The van der Waals surface area contributed by atoms with Crippen LogP contribution in [0.25, 0.3) is 0 Å². The minimum Gasteiger partial charge on any atom is -0.206 e. The Kier molecular flexibility index (Phi) is 5.13. The molecule has 0 aromatic heterocycles. The van der Waals surface area contributed by atoms with E-state index in [9.17, 15) is 4.39 Å². The van der Waals surface area contributed by atoms with Crippen molar-refractivity contribution in [1.29, 1.82) is 0 Å². The van der Waals surface area contributed by atoms with Crippen LogP contribution in [0.5, 0.6) is 0 Å². The first-order chi connectivity index (χ1) is 8.97. The average molecular weight is 382 g/mol. The van der Waals surface area contributed by atoms with E-state index in [4.69, 9.17) is 34.8 Å². The highest BCUT2D eigenvalue weighted by molar-refractivity contribution is 9.10. The van der Waals surface area contributed by atoms with Gasteiger partial charge in [0.1, 0.15) is 5.82 Å². The predicted octanol–water partition coefficient (Wildman–Crippen LogP) is 6.42. The van der Waals surface area contributed by atoms with Crippen molar-refractivity contribution in [2.45, 2.75) is 11.8 Å². The molecule has 0 saturated carbocycles. The van der Waals surface area contributed by atoms with Gasteiger partial charge >= 0.3 is 0 Å². The van der Waals surface area contributed by atoms with Gasteiger partial charge < -0.3 is 0 Å². The van der Waals surface area contributed by atoms with E-state index in [0.29, 0.717) is 20.9 Å². The monoisotopic (exact) mass is 380 g/mol. The topological polar surface area (TPSA) is 0 Å². The second kappa shape index (κ2) is 6.45. The Hall–Kier alpha value is -0.280. The van der Waals surface area contributed by atoms with E-state index in [-0.39, 0.29) is 11.2 Å². The molecule has 0 radical (unpaired) electrons. The summed E-state index contributed by atoms with van der Waals surface area (Å²) in [6.45, 7) is 0. The molecule has 0 aliphatic carbocycles. The molecule has 2 aromatic carbocycles. The van der Waals surface area contributed by atoms with Crippen LogP contribution in [0, 0.1) is 5.82 Å². The van der Waals surface area contributed by atoms with Gasteiger partial charge in [0.05, 0.1) is 19.9 Å². The van der Waals surface area contributed by atoms with E-state index < -0.39 is 0 Å². The largest absolute Gasteiger partial charge is 0.206 e. The van der Waals surface area contributed by atoms with Crippen LogP contribution in [0.1, 0.15) is 16.5 Å². The summed E-state index contributed by atoms with van der Waals surface area (Å²) in [6, 6.07) is 10.2. The van der Waals surface area contributed by atoms with E-state index in [0.717, 1.165) is 11.1 Å². The van der Waals surface area contributed by atoms with E-state index in [2.05, 4.69) is 15.9 Å². The molecule has 100 valence electrons. The molecule has 0 amide bonds. The Morgan fingerprint density at radius 3 is 2.42 bits per heavy atom. The highest BCUT2D eigenvalue weighted by Crippen LogP contribution is 2.30. The molecule has 0 bridgehead atoms. The minimum absolute atomic E-state index is 0.320. The van der Waals surface area contributed by atoms with E-state index in [1.165, 1.54) is 6.07 Å². The summed E-state index contributed by atoms with van der Waals surface area (Å²) in [5.41, 5.74) is 1.69. The Morgan fingerprint density at radius 1 is 1.05 bits per heavy atom. The van der Waals surface area contributed by atoms with Crippen molar-refractivity contribution in [3.05, 3.63) is 67.9 Å². The predicted molar refractivity (Wildman–Crippen MR) is 82.9 cm³/mol. The van der Waals surface area contributed by atoms with Crippen LogP contribution in [-0.4, -0.2) is 0 Å². The molecular weight excluding hydrogens is 373 g/mol. The molecule has 2 rings (SSSR count). The summed E-state index contributed by atoms with van der Waals surface area (Å²) >= 11 is 21.2. The Morgan fingerprint density at radius 2 is 1.79 bits per heavy atom. The van der Waals surface area contributed by atoms with Crippen molar-refractivity contribution >= 4 is 50.7 Å². The molecule has 2 aromatic rings. The van der Waals surface area contributed by atoms with E-state index >= 15 is 0 Å². The number of hydrogen-bond acceptors (Lipinski definition) is 0. The van der Waals surface area contributed by atoms with Gasteiger partial charge in [-0.2, -0.15) is 0 Å². The van der Waals surface area contributed by atoms with Gasteiger partial charge in [0.15, 0.2) is 0 Å². The number of hydrogen-bond donors (Lipinski definition) is 0. The van der Waals surface area contributed by atoms with Crippen molar-refractivity contribution in [3.63, 3.8) is 0 Å². The zero-order valence-electron chi connectivity index (χ0n) is 9.64. The lowest BCUT2D eigenvalue weighted by atomic mass is 10.0. The summed E-state index contributed by atoms with van der Waals surface area (Å²) in [4.78, 5) is 0. The Labute approximate surface area is 134 Å². The second-order valence-corrected chi connectivity index (χ2v) is 6.29. The summed E-state index contributed by atoms with van der Waals surface area (Å²) in [7, 11) is 0. The maximum atomic E-state index is 13.5. The molecule has 0 nitrogen and oxygen atoms in total. The molecule has 0 saturated heterocycles. The summed E-state index contributed by atoms with van der Waals surface area (Å²) in [5, 5.41) is 0.677. The number of benzene rings is 2. The lowest BCUT2D eigenvalue weighted by Gasteiger charge is -2.11. The zero-order chi connectivity index (χ0) is 14.0. The van der Waals surface area contributed by atoms with Crippen LogP contribution in [0.3, 0.4) is 0 Å². The highest BCUT2D eigenvalue weighted by Gasteiger charge is 2.12. The van der Waals surface area contributed by atoms with E-state index in [1.54, 1.807) is 24.3 Å². The fourth-order valence-electron chi connectivity index (χ4n) is 1.70. The fourth-order valence-corrected chi connectivity index (χ4v) is 2.58. The van der Waals surface area contributed by atoms with Crippen molar-refractivity contribution in [2.75, 3.05) is 0 Å². The van der Waals surface area contributed by atoms with Crippen LogP contribution in [0.2, 0.25) is 10.0 Å². The third-order valence-electron chi connectivity index (χ3n) is 2.70. The van der Waals surface area contributed by atoms with Crippen molar-refractivity contribution in [1.82, 2.24) is 0 Å². The van der Waals surface area contributed by atoms with Gasteiger partial charge in [-0.15, -0.1) is 11.6 Å². The molecule has 0 fully saturated rings. The maximum Gasteiger partial charge on any atom is 0.137 e. The standard InChI is InChI=1S/C14H9BrCl3F/c15-10-3-2-9(7-14(10)19)12(17)5-8-1-4-11(16)13(18)6-8/h1-4,6-7,12H,5H2. The van der Waals surface area contributed by atoms with Crippen LogP contribution >= 0.6 is 50.7 Å². The first kappa shape index (κ1) is 15.1. The molecule has 1 atom stereocenters. The normalized spacial score (nSPS) is 12.5. The van der Waals surface area contributed by atoms with Crippen LogP contribution in [0.4, 0.5) is 4.39 Å². The number of halogens is 5. The van der Waals surface area contributed by atoms with Gasteiger partial charge in [-0.25, -0.2) is 4.39 Å². The minimum atomic E-state index is -0.322. The summed E-state index contributed by atoms with van der Waals surface area (Å²) < 4.78 is 13.9. The Bertz CT molecular complexity index is 601. The third-order valence-corrected chi connectivity index (χ3v) is 4.49. The van der Waals surface area contributed by atoms with Crippen LogP contribution in [-0.2, 0) is 6.42 Å². The van der Waals surface area contributed by atoms with E-state index in [1.807, 2.05) is 6.07 Å². The molecule has 5 heteroatoms. The van der Waals surface area contributed by atoms with Crippen LogP contribution < -0.4 is 0 Å². The molecule has 0 spiro atoms. The zero-order valence-corrected chi connectivity index (χ0v) is 13.5. The Balaban J connectivity index is 2.17. The fraction of sp³-hybridized carbons (Fsp3) is 0.143. The first-order valence-electron chi connectivity index (χ1n) is 5.50. The lowest BCUT2D eigenvalue weighted by molar-refractivity contribution is 0.618. The first-order valence-corrected chi connectivity index (χ1v) is 7.49. The van der Waals surface area contributed by atoms with Gasteiger partial charge in [-0.3, -0.25) is 0 Å². The smallest absolute Gasteiger partial charge is 0.137 e. The molecule has 1 unspecified atom stereocenters. The third kappa shape index (κ3) is 3.85. The second-order valence-electron chi connectivity index (χ2n) is 4.09. The average Bonchev–Trinajstić information content (AvgIpc) is 2.37. The van der Waals surface area contributed by atoms with Gasteiger partial charge in [0.25, 0.3) is 0 Å². The van der Waals surface area contributed by atoms with Crippen molar-refractivity contribution in [2.24, 2.45) is 0 Å². The molecule has 19 heavy (non-hydrogen) atoms. The quantitative estimate of drug-likeness (QED) is 0.538. The van der Waals surface area contributed by atoms with Crippen LogP contribution in [0.15, 0.2) is 40.9 Å². The summed E-state index contributed by atoms with van der Waals surface area (Å²) in [5.74, 6) is -0.322. The molecule has 0 aliphatic rings. The molecule has 0 heterocycles.